The molecule has 1 heterocycles. The molecule has 0 bridgehead atoms. The zero-order chi connectivity index (χ0) is 15.7. The fourth-order valence-electron chi connectivity index (χ4n) is 2.18. The van der Waals surface area contributed by atoms with Gasteiger partial charge < -0.3 is 9.47 Å². The van der Waals surface area contributed by atoms with E-state index in [1.54, 1.807) is 12.1 Å². The first-order chi connectivity index (χ1) is 9.66. The van der Waals surface area contributed by atoms with Crippen LogP contribution >= 0.6 is 0 Å². The summed E-state index contributed by atoms with van der Waals surface area (Å²) in [4.78, 5) is 12.0. The Kier molecular flexibility index (Phi) is 4.16. The molecule has 1 aliphatic heterocycles. The molecule has 0 amide bonds. The smallest absolute Gasteiger partial charge is 0.389 e. The number of alkyl halides is 3. The van der Waals surface area contributed by atoms with Gasteiger partial charge in [0.25, 0.3) is 0 Å². The van der Waals surface area contributed by atoms with E-state index in [1.165, 1.54) is 6.07 Å². The standard InChI is InChI=1S/C15H17F3O3/c1-14(2)9-12(19)11-8-10(4-5-13(11)21-14)20-7-3-6-15(16,17)18/h4-5,8H,3,6-7,9H2,1-2H3. The average molecular weight is 302 g/mol. The van der Waals surface area contributed by atoms with Crippen molar-refractivity contribution in [3.05, 3.63) is 23.8 Å². The highest BCUT2D eigenvalue weighted by Gasteiger charge is 2.32. The van der Waals surface area contributed by atoms with Crippen molar-refractivity contribution < 1.29 is 27.4 Å². The number of fused-ring (bicyclic) bond motifs is 1. The number of carbonyl (C=O) groups is 1. The van der Waals surface area contributed by atoms with Crippen LogP contribution in [0, 0.1) is 0 Å². The van der Waals surface area contributed by atoms with Crippen molar-refractivity contribution in [3.63, 3.8) is 0 Å². The Morgan fingerprint density at radius 2 is 2.05 bits per heavy atom. The van der Waals surface area contributed by atoms with Crippen molar-refractivity contribution in [2.24, 2.45) is 0 Å². The first-order valence-corrected chi connectivity index (χ1v) is 6.72. The maximum absolute atomic E-state index is 12.0. The predicted molar refractivity (Wildman–Crippen MR) is 70.9 cm³/mol. The number of Topliss-reactive ketones (excluding diaryl/α,β-unsaturated/α-hetero) is 1. The Labute approximate surface area is 121 Å². The molecule has 2 rings (SSSR count). The van der Waals surface area contributed by atoms with Crippen LogP contribution in [0.15, 0.2) is 18.2 Å². The van der Waals surface area contributed by atoms with Gasteiger partial charge >= 0.3 is 6.18 Å². The molecule has 1 aromatic rings. The summed E-state index contributed by atoms with van der Waals surface area (Å²) in [6.07, 6.45) is -4.90. The number of carbonyl (C=O) groups excluding carboxylic acids is 1. The number of benzene rings is 1. The topological polar surface area (TPSA) is 35.5 Å². The normalized spacial score (nSPS) is 17.1. The summed E-state index contributed by atoms with van der Waals surface area (Å²) in [5.41, 5.74) is -0.123. The summed E-state index contributed by atoms with van der Waals surface area (Å²) in [5.74, 6) is 0.813. The van der Waals surface area contributed by atoms with E-state index in [2.05, 4.69) is 0 Å². The lowest BCUT2D eigenvalue weighted by Crippen LogP contribution is -2.35. The third-order valence-corrected chi connectivity index (χ3v) is 3.10. The van der Waals surface area contributed by atoms with E-state index in [9.17, 15) is 18.0 Å². The minimum absolute atomic E-state index is 0.0428. The summed E-state index contributed by atoms with van der Waals surface area (Å²) in [5, 5.41) is 0. The number of rotatable bonds is 4. The van der Waals surface area contributed by atoms with Gasteiger partial charge in [-0.3, -0.25) is 4.79 Å². The van der Waals surface area contributed by atoms with Gasteiger partial charge in [-0.05, 0) is 38.5 Å². The Bertz CT molecular complexity index is 535. The Balaban J connectivity index is 1.99. The van der Waals surface area contributed by atoms with Gasteiger partial charge in [0, 0.05) is 6.42 Å². The molecular weight excluding hydrogens is 285 g/mol. The third-order valence-electron chi connectivity index (χ3n) is 3.10. The van der Waals surface area contributed by atoms with Crippen molar-refractivity contribution in [1.29, 1.82) is 0 Å². The van der Waals surface area contributed by atoms with E-state index in [0.29, 0.717) is 17.1 Å². The van der Waals surface area contributed by atoms with Gasteiger partial charge in [0.05, 0.1) is 18.6 Å². The first-order valence-electron chi connectivity index (χ1n) is 6.72. The van der Waals surface area contributed by atoms with E-state index in [4.69, 9.17) is 9.47 Å². The molecule has 0 saturated carbocycles. The van der Waals surface area contributed by atoms with Gasteiger partial charge in [-0.25, -0.2) is 0 Å². The third kappa shape index (κ3) is 4.37. The van der Waals surface area contributed by atoms with Crippen molar-refractivity contribution in [2.45, 2.75) is 44.9 Å². The second kappa shape index (κ2) is 5.58. The van der Waals surface area contributed by atoms with Crippen molar-refractivity contribution in [1.82, 2.24) is 0 Å². The van der Waals surface area contributed by atoms with Crippen LogP contribution in [0.4, 0.5) is 13.2 Å². The zero-order valence-electron chi connectivity index (χ0n) is 11.9. The molecule has 0 radical (unpaired) electrons. The molecule has 21 heavy (non-hydrogen) atoms. The maximum atomic E-state index is 12.0. The van der Waals surface area contributed by atoms with Gasteiger partial charge in [-0.15, -0.1) is 0 Å². The number of ketones is 1. The first kappa shape index (κ1) is 15.7. The quantitative estimate of drug-likeness (QED) is 0.784. The van der Waals surface area contributed by atoms with E-state index < -0.39 is 18.2 Å². The fourth-order valence-corrected chi connectivity index (χ4v) is 2.18. The molecule has 116 valence electrons. The number of halogens is 3. The van der Waals surface area contributed by atoms with Gasteiger partial charge in [-0.2, -0.15) is 13.2 Å². The SMILES string of the molecule is CC1(C)CC(=O)c2cc(OCCCC(F)(F)F)ccc2O1. The van der Waals surface area contributed by atoms with Gasteiger partial charge in [0.2, 0.25) is 0 Å². The van der Waals surface area contributed by atoms with Crippen molar-refractivity contribution in [2.75, 3.05) is 6.61 Å². The fraction of sp³-hybridized carbons (Fsp3) is 0.533. The molecule has 0 atom stereocenters. The monoisotopic (exact) mass is 302 g/mol. The number of ether oxygens (including phenoxy) is 2. The van der Waals surface area contributed by atoms with Crippen LogP contribution in [0.3, 0.4) is 0 Å². The summed E-state index contributed by atoms with van der Waals surface area (Å²) in [7, 11) is 0. The molecule has 0 N–H and O–H groups in total. The highest BCUT2D eigenvalue weighted by molar-refractivity contribution is 6.00. The molecule has 0 spiro atoms. The van der Waals surface area contributed by atoms with E-state index in [-0.39, 0.29) is 25.2 Å². The largest absolute Gasteiger partial charge is 0.494 e. The van der Waals surface area contributed by atoms with Crippen molar-refractivity contribution in [3.8, 4) is 11.5 Å². The molecule has 0 aliphatic carbocycles. The molecule has 1 aromatic carbocycles. The van der Waals surface area contributed by atoms with Gasteiger partial charge in [0.15, 0.2) is 5.78 Å². The molecule has 0 fully saturated rings. The second-order valence-corrected chi connectivity index (χ2v) is 5.69. The summed E-state index contributed by atoms with van der Waals surface area (Å²) in [6, 6.07) is 4.74. The van der Waals surface area contributed by atoms with Crippen LogP contribution < -0.4 is 9.47 Å². The zero-order valence-corrected chi connectivity index (χ0v) is 11.9. The minimum Gasteiger partial charge on any atom is -0.494 e. The number of hydrogen-bond donors (Lipinski definition) is 0. The van der Waals surface area contributed by atoms with E-state index in [1.807, 2.05) is 13.8 Å². The minimum atomic E-state index is -4.17. The summed E-state index contributed by atoms with van der Waals surface area (Å²) >= 11 is 0. The highest BCUT2D eigenvalue weighted by Crippen LogP contribution is 2.35. The molecule has 0 saturated heterocycles. The lowest BCUT2D eigenvalue weighted by atomic mass is 9.93. The van der Waals surface area contributed by atoms with Crippen LogP contribution in [0.25, 0.3) is 0 Å². The lowest BCUT2D eigenvalue weighted by Gasteiger charge is -2.31. The Morgan fingerprint density at radius 3 is 2.71 bits per heavy atom. The molecule has 0 unspecified atom stereocenters. The lowest BCUT2D eigenvalue weighted by molar-refractivity contribution is -0.136. The summed E-state index contributed by atoms with van der Waals surface area (Å²) < 4.78 is 47.0. The molecule has 3 nitrogen and oxygen atoms in total. The van der Waals surface area contributed by atoms with Crippen LogP contribution in [0.2, 0.25) is 0 Å². The second-order valence-electron chi connectivity index (χ2n) is 5.69. The molecule has 0 aromatic heterocycles. The van der Waals surface area contributed by atoms with Crippen molar-refractivity contribution >= 4 is 5.78 Å². The van der Waals surface area contributed by atoms with Crippen LogP contribution in [0.5, 0.6) is 11.5 Å². The summed E-state index contributed by atoms with van der Waals surface area (Å²) in [6.45, 7) is 3.61. The van der Waals surface area contributed by atoms with E-state index >= 15 is 0 Å². The highest BCUT2D eigenvalue weighted by atomic mass is 19.4. The van der Waals surface area contributed by atoms with E-state index in [0.717, 1.165) is 0 Å². The Morgan fingerprint density at radius 1 is 1.33 bits per heavy atom. The molecule has 6 heteroatoms. The predicted octanol–water partition coefficient (Wildman–Crippen LogP) is 4.15. The van der Waals surface area contributed by atoms with Crippen LogP contribution in [-0.2, 0) is 0 Å². The van der Waals surface area contributed by atoms with Crippen LogP contribution in [0.1, 0.15) is 43.5 Å². The maximum Gasteiger partial charge on any atom is 0.389 e. The molecule has 1 aliphatic rings. The number of hydrogen-bond acceptors (Lipinski definition) is 3. The Hall–Kier alpha value is -1.72. The van der Waals surface area contributed by atoms with Crippen LogP contribution in [-0.4, -0.2) is 24.2 Å². The molecular formula is C15H17F3O3. The van der Waals surface area contributed by atoms with Gasteiger partial charge in [0.1, 0.15) is 17.1 Å². The average Bonchev–Trinajstić information content (AvgIpc) is 2.33. The van der Waals surface area contributed by atoms with Gasteiger partial charge in [-0.1, -0.05) is 0 Å².